The Hall–Kier alpha value is -1.25. The van der Waals surface area contributed by atoms with E-state index in [4.69, 9.17) is 5.73 Å². The highest BCUT2D eigenvalue weighted by atomic mass is 32.2. The van der Waals surface area contributed by atoms with Crippen molar-refractivity contribution in [2.75, 3.05) is 26.4 Å². The largest absolute Gasteiger partial charge is 0.327 e. The zero-order chi connectivity index (χ0) is 23.8. The molecule has 0 spiro atoms. The van der Waals surface area contributed by atoms with Crippen LogP contribution in [0.15, 0.2) is 12.1 Å². The Morgan fingerprint density at radius 3 is 2.19 bits per heavy atom. The predicted octanol–water partition coefficient (Wildman–Crippen LogP) is 0.943. The number of fused-ring (bicyclic) bond motifs is 2. The van der Waals surface area contributed by atoms with Gasteiger partial charge in [-0.05, 0) is 49.7 Å². The van der Waals surface area contributed by atoms with Gasteiger partial charge >= 0.3 is 0 Å². The number of nitrogens with two attached hydrogens (primary N) is 1. The second-order valence-corrected chi connectivity index (χ2v) is 12.6. The molecule has 0 aromatic heterocycles. The summed E-state index contributed by atoms with van der Waals surface area (Å²) in [6.07, 6.45) is 2.30. The fourth-order valence-electron chi connectivity index (χ4n) is 4.65. The van der Waals surface area contributed by atoms with E-state index in [0.29, 0.717) is 31.7 Å². The van der Waals surface area contributed by atoms with E-state index < -0.39 is 43.7 Å². The molecule has 1 unspecified atom stereocenters. The van der Waals surface area contributed by atoms with Crippen molar-refractivity contribution in [2.45, 2.75) is 50.2 Å². The molecular formula is C19H29F3N4O4S2. The lowest BCUT2D eigenvalue weighted by atomic mass is 9.83. The minimum Gasteiger partial charge on any atom is -0.327 e. The van der Waals surface area contributed by atoms with Gasteiger partial charge in [-0.15, -0.1) is 0 Å². The number of piperidine rings is 1. The summed E-state index contributed by atoms with van der Waals surface area (Å²) in [7, 11) is -4.73. The minimum atomic E-state index is -3.72. The van der Waals surface area contributed by atoms with Crippen molar-refractivity contribution in [3.63, 3.8) is 0 Å². The summed E-state index contributed by atoms with van der Waals surface area (Å²) in [6.45, 7) is -0.239. The fourth-order valence-corrected chi connectivity index (χ4v) is 7.26. The lowest BCUT2D eigenvalue weighted by Gasteiger charge is -2.40. The minimum absolute atomic E-state index is 0.00743. The second-order valence-electron chi connectivity index (χ2n) is 8.67. The summed E-state index contributed by atoms with van der Waals surface area (Å²) in [6, 6.07) is 0.244. The van der Waals surface area contributed by atoms with Crippen LogP contribution in [0.4, 0.5) is 13.2 Å². The Labute approximate surface area is 187 Å². The van der Waals surface area contributed by atoms with Crippen molar-refractivity contribution in [3.05, 3.63) is 35.1 Å². The monoisotopic (exact) mass is 498 g/mol. The molecule has 2 aliphatic rings. The van der Waals surface area contributed by atoms with Gasteiger partial charge in [0.15, 0.2) is 11.6 Å². The smallest absolute Gasteiger partial charge is 0.278 e. The van der Waals surface area contributed by atoms with Crippen LogP contribution in [0.2, 0.25) is 0 Å². The molecule has 0 amide bonds. The quantitative estimate of drug-likeness (QED) is 0.492. The molecule has 32 heavy (non-hydrogen) atoms. The molecule has 8 nitrogen and oxygen atoms in total. The van der Waals surface area contributed by atoms with Crippen LogP contribution in [0.3, 0.4) is 0 Å². The zero-order valence-corrected chi connectivity index (χ0v) is 19.6. The van der Waals surface area contributed by atoms with Gasteiger partial charge in [-0.2, -0.15) is 17.0 Å². The van der Waals surface area contributed by atoms with Gasteiger partial charge in [0.25, 0.3) is 10.2 Å². The van der Waals surface area contributed by atoms with Crippen LogP contribution in [0, 0.1) is 23.4 Å². The van der Waals surface area contributed by atoms with Crippen molar-refractivity contribution >= 4 is 20.2 Å². The van der Waals surface area contributed by atoms with E-state index in [2.05, 4.69) is 4.72 Å². The number of hydrogen-bond donors (Lipinski definition) is 2. The molecule has 3 rings (SSSR count). The van der Waals surface area contributed by atoms with Crippen LogP contribution in [-0.4, -0.2) is 70.0 Å². The molecule has 0 saturated carbocycles. The summed E-state index contributed by atoms with van der Waals surface area (Å²) < 4.78 is 94.7. The van der Waals surface area contributed by atoms with Gasteiger partial charge in [-0.3, -0.25) is 0 Å². The zero-order valence-electron chi connectivity index (χ0n) is 18.0. The lowest BCUT2D eigenvalue weighted by Crippen LogP contribution is -2.51. The van der Waals surface area contributed by atoms with Gasteiger partial charge in [0.1, 0.15) is 5.82 Å². The Morgan fingerprint density at radius 2 is 1.62 bits per heavy atom. The average Bonchev–Trinajstić information content (AvgIpc) is 2.97. The molecule has 13 heteroatoms. The summed E-state index contributed by atoms with van der Waals surface area (Å²) in [4.78, 5) is 0. The fraction of sp³-hybridized carbons (Fsp3) is 0.684. The number of sulfonamides is 1. The molecule has 2 aliphatic heterocycles. The number of benzene rings is 1. The van der Waals surface area contributed by atoms with Crippen LogP contribution in [0.5, 0.6) is 0 Å². The first-order valence-corrected chi connectivity index (χ1v) is 13.4. The van der Waals surface area contributed by atoms with Crippen molar-refractivity contribution in [1.82, 2.24) is 13.3 Å². The van der Waals surface area contributed by atoms with Gasteiger partial charge in [-0.1, -0.05) is 0 Å². The van der Waals surface area contributed by atoms with Crippen LogP contribution in [0.25, 0.3) is 0 Å². The van der Waals surface area contributed by atoms with Crippen LogP contribution in [0.1, 0.15) is 31.2 Å². The molecule has 2 heterocycles. The van der Waals surface area contributed by atoms with E-state index in [-0.39, 0.29) is 42.3 Å². The van der Waals surface area contributed by atoms with Gasteiger partial charge in [-0.25, -0.2) is 26.3 Å². The third-order valence-corrected chi connectivity index (χ3v) is 9.79. The van der Waals surface area contributed by atoms with Crippen LogP contribution >= 0.6 is 0 Å². The highest BCUT2D eigenvalue weighted by Crippen LogP contribution is 2.42. The number of nitrogens with zero attached hydrogens (tertiary/aromatic N) is 2. The Kier molecular flexibility index (Phi) is 7.57. The highest BCUT2D eigenvalue weighted by Gasteiger charge is 2.47. The maximum atomic E-state index is 14.0. The number of hydrogen-bond acceptors (Lipinski definition) is 5. The molecule has 2 bridgehead atoms. The molecule has 1 aromatic carbocycles. The topological polar surface area (TPSA) is 113 Å². The maximum Gasteiger partial charge on any atom is 0.278 e. The lowest BCUT2D eigenvalue weighted by molar-refractivity contribution is 0.170. The van der Waals surface area contributed by atoms with Gasteiger partial charge in [0.2, 0.25) is 10.0 Å². The summed E-state index contributed by atoms with van der Waals surface area (Å²) in [5.74, 6) is -3.71. The van der Waals surface area contributed by atoms with Gasteiger partial charge in [0, 0.05) is 44.8 Å². The van der Waals surface area contributed by atoms with Crippen molar-refractivity contribution in [3.8, 4) is 0 Å². The molecule has 182 valence electrons. The van der Waals surface area contributed by atoms with Gasteiger partial charge < -0.3 is 5.73 Å². The molecule has 1 aromatic rings. The van der Waals surface area contributed by atoms with E-state index in [9.17, 15) is 30.0 Å². The Morgan fingerprint density at radius 1 is 1.06 bits per heavy atom. The normalized spacial score (nSPS) is 25.4. The third kappa shape index (κ3) is 5.45. The molecule has 0 aliphatic carbocycles. The van der Waals surface area contributed by atoms with Crippen LogP contribution < -0.4 is 10.5 Å². The maximum absolute atomic E-state index is 14.0. The van der Waals surface area contributed by atoms with Crippen molar-refractivity contribution in [2.24, 2.45) is 11.7 Å². The predicted molar refractivity (Wildman–Crippen MR) is 114 cm³/mol. The van der Waals surface area contributed by atoms with Crippen molar-refractivity contribution < 1.29 is 30.0 Å². The summed E-state index contributed by atoms with van der Waals surface area (Å²) >= 11 is 0. The Balaban J connectivity index is 1.63. The average molecular weight is 499 g/mol. The number of halogens is 3. The third-order valence-electron chi connectivity index (χ3n) is 6.30. The molecule has 2 saturated heterocycles. The first-order valence-electron chi connectivity index (χ1n) is 10.4. The summed E-state index contributed by atoms with van der Waals surface area (Å²) in [5, 5.41) is 0. The summed E-state index contributed by atoms with van der Waals surface area (Å²) in [5.41, 5.74) is 6.26. The van der Waals surface area contributed by atoms with E-state index in [1.807, 2.05) is 0 Å². The number of nitrogens with one attached hydrogen (secondary N) is 1. The molecule has 3 N–H and O–H groups in total. The SMILES string of the molecule is CN(C)S(=O)(=O)NCCS(=O)(=O)N1[C@@H]2CC[C@H]1CC([C@H](N)Cc1cc(F)c(F)cc1F)C2. The standard InChI is InChI=1S/C19H29F3N4O4S2/c1-25(2)32(29,30)24-5-6-31(27,28)26-14-3-4-15(26)8-13(7-14)19(23)10-12-9-17(21)18(22)11-16(12)20/h9,11,13-15,19,24H,3-8,10,23H2,1-2H3/t13?,14-,15+,19-/m1/s1. The molecular weight excluding hydrogens is 469 g/mol. The van der Waals surface area contributed by atoms with E-state index in [0.717, 1.165) is 10.4 Å². The van der Waals surface area contributed by atoms with E-state index in [1.54, 1.807) is 0 Å². The molecule has 4 atom stereocenters. The first-order chi connectivity index (χ1) is 14.8. The highest BCUT2D eigenvalue weighted by molar-refractivity contribution is 7.89. The first kappa shape index (κ1) is 25.4. The van der Waals surface area contributed by atoms with Crippen LogP contribution in [-0.2, 0) is 26.7 Å². The molecule has 0 radical (unpaired) electrons. The second kappa shape index (κ2) is 9.55. The van der Waals surface area contributed by atoms with Gasteiger partial charge in [0.05, 0.1) is 5.75 Å². The van der Waals surface area contributed by atoms with E-state index in [1.165, 1.54) is 18.4 Å². The molecule has 2 fully saturated rings. The van der Waals surface area contributed by atoms with E-state index >= 15 is 0 Å². The van der Waals surface area contributed by atoms with Crippen molar-refractivity contribution in [1.29, 1.82) is 0 Å². The number of rotatable bonds is 9. The Bertz CT molecular complexity index is 1040.